The van der Waals surface area contributed by atoms with Crippen LogP contribution >= 0.6 is 0 Å². The number of halogens is 1. The van der Waals surface area contributed by atoms with Crippen molar-refractivity contribution in [3.05, 3.63) is 95.3 Å². The first-order chi connectivity index (χ1) is 15.5. The quantitative estimate of drug-likeness (QED) is 0.566. The second-order valence-electron chi connectivity index (χ2n) is 7.97. The molecule has 1 aliphatic heterocycles. The Morgan fingerprint density at radius 1 is 0.875 bits per heavy atom. The van der Waals surface area contributed by atoms with Crippen molar-refractivity contribution in [2.45, 2.75) is 25.8 Å². The molecule has 1 aliphatic rings. The normalized spacial score (nSPS) is 14.1. The van der Waals surface area contributed by atoms with Crippen molar-refractivity contribution in [2.24, 2.45) is 0 Å². The maximum absolute atomic E-state index is 14.0. The molecular formula is C26H26FN3O2. The Kier molecular flexibility index (Phi) is 6.50. The van der Waals surface area contributed by atoms with Crippen LogP contribution < -0.4 is 15.5 Å². The van der Waals surface area contributed by atoms with Crippen LogP contribution in [-0.2, 0) is 0 Å². The van der Waals surface area contributed by atoms with E-state index in [1.807, 2.05) is 43.3 Å². The molecule has 3 aromatic rings. The van der Waals surface area contributed by atoms with Crippen LogP contribution in [0.5, 0.6) is 0 Å². The van der Waals surface area contributed by atoms with Gasteiger partial charge in [0.2, 0.25) is 0 Å². The first kappa shape index (κ1) is 21.6. The summed E-state index contributed by atoms with van der Waals surface area (Å²) in [7, 11) is 0. The molecule has 1 atom stereocenters. The Bertz CT molecular complexity index is 1110. The molecule has 4 rings (SSSR count). The number of carbonyl (C=O) groups excluding carboxylic acids is 2. The van der Waals surface area contributed by atoms with Crippen LogP contribution in [0.2, 0.25) is 0 Å². The molecule has 1 saturated heterocycles. The minimum absolute atomic E-state index is 0.0418. The summed E-state index contributed by atoms with van der Waals surface area (Å²) in [6, 6.07) is 20.7. The number of anilines is 2. The largest absolute Gasteiger partial charge is 0.371 e. The van der Waals surface area contributed by atoms with E-state index in [4.69, 9.17) is 0 Å². The van der Waals surface area contributed by atoms with Crippen LogP contribution in [0, 0.1) is 5.82 Å². The van der Waals surface area contributed by atoms with Gasteiger partial charge in [-0.3, -0.25) is 9.59 Å². The van der Waals surface area contributed by atoms with E-state index in [1.54, 1.807) is 18.2 Å². The summed E-state index contributed by atoms with van der Waals surface area (Å²) in [5.41, 5.74) is 2.73. The smallest absolute Gasteiger partial charge is 0.258 e. The number of nitrogens with one attached hydrogen (secondary N) is 2. The van der Waals surface area contributed by atoms with Crippen LogP contribution in [0.3, 0.4) is 0 Å². The van der Waals surface area contributed by atoms with E-state index in [9.17, 15) is 14.0 Å². The highest BCUT2D eigenvalue weighted by molar-refractivity contribution is 6.06. The Hall–Kier alpha value is -3.67. The number of nitrogens with zero attached hydrogens (tertiary/aromatic N) is 1. The van der Waals surface area contributed by atoms with Crippen LogP contribution in [-0.4, -0.2) is 24.9 Å². The molecule has 0 bridgehead atoms. The molecule has 0 spiro atoms. The number of amides is 2. The fourth-order valence-electron chi connectivity index (χ4n) is 3.97. The number of rotatable bonds is 6. The summed E-state index contributed by atoms with van der Waals surface area (Å²) in [6.07, 6.45) is 2.15. The third-order valence-electron chi connectivity index (χ3n) is 5.71. The van der Waals surface area contributed by atoms with Crippen molar-refractivity contribution in [1.29, 1.82) is 0 Å². The van der Waals surface area contributed by atoms with Crippen LogP contribution in [0.15, 0.2) is 72.8 Å². The maximum atomic E-state index is 14.0. The number of carbonyl (C=O) groups is 2. The standard InChI is InChI=1S/C26H26FN3O2/c1-18(19-9-3-2-4-10-19)28-26(32)22-17-20(13-14-24(22)30-15-7-8-16-30)29-25(31)21-11-5-6-12-23(21)27/h2-6,9-14,17-18H,7-8,15-16H2,1H3,(H,28,32)(H,29,31). The van der Waals surface area contributed by atoms with Crippen LogP contribution in [0.25, 0.3) is 0 Å². The molecule has 1 heterocycles. The average Bonchev–Trinajstić information content (AvgIpc) is 3.34. The van der Waals surface area contributed by atoms with Gasteiger partial charge in [-0.1, -0.05) is 42.5 Å². The minimum atomic E-state index is -0.590. The van der Waals surface area contributed by atoms with Crippen molar-refractivity contribution >= 4 is 23.2 Å². The van der Waals surface area contributed by atoms with E-state index in [0.29, 0.717) is 11.3 Å². The minimum Gasteiger partial charge on any atom is -0.371 e. The van der Waals surface area contributed by atoms with E-state index >= 15 is 0 Å². The topological polar surface area (TPSA) is 61.4 Å². The van der Waals surface area contributed by atoms with E-state index in [-0.39, 0.29) is 17.5 Å². The molecule has 0 aliphatic carbocycles. The highest BCUT2D eigenvalue weighted by Crippen LogP contribution is 2.28. The zero-order valence-electron chi connectivity index (χ0n) is 18.0. The van der Waals surface area contributed by atoms with Gasteiger partial charge in [-0.2, -0.15) is 0 Å². The van der Waals surface area contributed by atoms with Gasteiger partial charge in [0.1, 0.15) is 5.82 Å². The Morgan fingerprint density at radius 2 is 1.56 bits per heavy atom. The SMILES string of the molecule is CC(NC(=O)c1cc(NC(=O)c2ccccc2F)ccc1N1CCCC1)c1ccccc1. The van der Waals surface area contributed by atoms with Crippen molar-refractivity contribution in [1.82, 2.24) is 5.32 Å². The van der Waals surface area contributed by atoms with Gasteiger partial charge in [0.25, 0.3) is 11.8 Å². The molecule has 3 aromatic carbocycles. The molecule has 0 saturated carbocycles. The van der Waals surface area contributed by atoms with Gasteiger partial charge in [0, 0.05) is 24.5 Å². The lowest BCUT2D eigenvalue weighted by atomic mass is 10.1. The Balaban J connectivity index is 1.60. The highest BCUT2D eigenvalue weighted by Gasteiger charge is 2.22. The van der Waals surface area contributed by atoms with Gasteiger partial charge in [0.05, 0.1) is 17.2 Å². The zero-order chi connectivity index (χ0) is 22.5. The summed E-state index contributed by atoms with van der Waals surface area (Å²) in [4.78, 5) is 28.0. The van der Waals surface area contributed by atoms with E-state index in [0.717, 1.165) is 37.2 Å². The second kappa shape index (κ2) is 9.64. The Labute approximate surface area is 187 Å². The van der Waals surface area contributed by atoms with Gasteiger partial charge in [-0.25, -0.2) is 4.39 Å². The van der Waals surface area contributed by atoms with Crippen molar-refractivity contribution in [3.8, 4) is 0 Å². The fourth-order valence-corrected chi connectivity index (χ4v) is 3.97. The summed E-state index contributed by atoms with van der Waals surface area (Å²) in [5, 5.41) is 5.78. The molecule has 1 fully saturated rings. The maximum Gasteiger partial charge on any atom is 0.258 e. The monoisotopic (exact) mass is 431 g/mol. The molecule has 32 heavy (non-hydrogen) atoms. The van der Waals surface area contributed by atoms with Gasteiger partial charge in [-0.05, 0) is 55.7 Å². The molecule has 2 amide bonds. The molecule has 164 valence electrons. The number of benzene rings is 3. The van der Waals surface area contributed by atoms with Gasteiger partial charge in [-0.15, -0.1) is 0 Å². The van der Waals surface area contributed by atoms with Gasteiger partial charge in [0.15, 0.2) is 0 Å². The molecule has 0 aromatic heterocycles. The van der Waals surface area contributed by atoms with E-state index in [2.05, 4.69) is 15.5 Å². The Morgan fingerprint density at radius 3 is 2.28 bits per heavy atom. The highest BCUT2D eigenvalue weighted by atomic mass is 19.1. The van der Waals surface area contributed by atoms with Crippen molar-refractivity contribution in [3.63, 3.8) is 0 Å². The van der Waals surface area contributed by atoms with Crippen LogP contribution in [0.4, 0.5) is 15.8 Å². The lowest BCUT2D eigenvalue weighted by Crippen LogP contribution is -2.29. The fraction of sp³-hybridized carbons (Fsp3) is 0.231. The van der Waals surface area contributed by atoms with E-state index < -0.39 is 11.7 Å². The lowest BCUT2D eigenvalue weighted by molar-refractivity contribution is 0.0939. The second-order valence-corrected chi connectivity index (χ2v) is 7.97. The molecule has 2 N–H and O–H groups in total. The molecule has 1 unspecified atom stereocenters. The number of hydrogen-bond acceptors (Lipinski definition) is 3. The first-order valence-corrected chi connectivity index (χ1v) is 10.8. The summed E-state index contributed by atoms with van der Waals surface area (Å²) < 4.78 is 14.0. The summed E-state index contributed by atoms with van der Waals surface area (Å²) in [6.45, 7) is 3.71. The predicted molar refractivity (Wildman–Crippen MR) is 125 cm³/mol. The molecular weight excluding hydrogens is 405 g/mol. The van der Waals surface area contributed by atoms with E-state index in [1.165, 1.54) is 18.2 Å². The summed E-state index contributed by atoms with van der Waals surface area (Å²) >= 11 is 0. The predicted octanol–water partition coefficient (Wildman–Crippen LogP) is 5.17. The third kappa shape index (κ3) is 4.80. The third-order valence-corrected chi connectivity index (χ3v) is 5.71. The van der Waals surface area contributed by atoms with Crippen molar-refractivity contribution < 1.29 is 14.0 Å². The molecule has 5 nitrogen and oxygen atoms in total. The molecule has 0 radical (unpaired) electrons. The van der Waals surface area contributed by atoms with Crippen LogP contribution in [0.1, 0.15) is 52.1 Å². The molecule has 6 heteroatoms. The average molecular weight is 432 g/mol. The lowest BCUT2D eigenvalue weighted by Gasteiger charge is -2.23. The van der Waals surface area contributed by atoms with Crippen molar-refractivity contribution in [2.75, 3.05) is 23.3 Å². The summed E-state index contributed by atoms with van der Waals surface area (Å²) in [5.74, 6) is -1.36. The van der Waals surface area contributed by atoms with Gasteiger partial charge < -0.3 is 15.5 Å². The van der Waals surface area contributed by atoms with Gasteiger partial charge >= 0.3 is 0 Å². The zero-order valence-corrected chi connectivity index (χ0v) is 18.0. The number of hydrogen-bond donors (Lipinski definition) is 2. The first-order valence-electron chi connectivity index (χ1n) is 10.8.